The first-order valence-electron chi connectivity index (χ1n) is 8.84. The molecule has 0 unspecified atom stereocenters. The summed E-state index contributed by atoms with van der Waals surface area (Å²) in [5.74, 6) is -0.688. The van der Waals surface area contributed by atoms with Crippen molar-refractivity contribution in [1.29, 1.82) is 0 Å². The summed E-state index contributed by atoms with van der Waals surface area (Å²) in [5.41, 5.74) is -0.324. The maximum absolute atomic E-state index is 12.3. The van der Waals surface area contributed by atoms with Crippen molar-refractivity contribution in [3.05, 3.63) is 29.8 Å². The molecule has 0 N–H and O–H groups in total. The van der Waals surface area contributed by atoms with Crippen LogP contribution < -0.4 is 4.74 Å². The molecular weight excluding hydrogens is 304 g/mol. The van der Waals surface area contributed by atoms with Crippen LogP contribution >= 0.6 is 0 Å². The van der Waals surface area contributed by atoms with Crippen LogP contribution in [-0.2, 0) is 14.3 Å². The first-order chi connectivity index (χ1) is 11.4. The third-order valence-corrected chi connectivity index (χ3v) is 3.95. The number of ether oxygens (including phenoxy) is 2. The van der Waals surface area contributed by atoms with E-state index in [0.29, 0.717) is 12.4 Å². The first kappa shape index (κ1) is 20.2. The molecule has 0 aliphatic heterocycles. The summed E-state index contributed by atoms with van der Waals surface area (Å²) in [5, 5.41) is 0. The quantitative estimate of drug-likeness (QED) is 0.266. The summed E-state index contributed by atoms with van der Waals surface area (Å²) in [6, 6.07) is 7.18. The van der Waals surface area contributed by atoms with Crippen LogP contribution in [0.3, 0.4) is 0 Å². The maximum Gasteiger partial charge on any atom is 0.328 e. The van der Waals surface area contributed by atoms with Crippen LogP contribution in [0.5, 0.6) is 5.75 Å². The van der Waals surface area contributed by atoms with E-state index in [1.165, 1.54) is 33.1 Å². The fourth-order valence-corrected chi connectivity index (χ4v) is 2.22. The largest absolute Gasteiger partial charge is 0.465 e. The Kier molecular flexibility index (Phi) is 8.51. The zero-order chi connectivity index (χ0) is 18.0. The molecule has 134 valence electrons. The molecule has 1 rings (SSSR count). The molecule has 1 aromatic carbocycles. The molecule has 24 heavy (non-hydrogen) atoms. The molecule has 4 heteroatoms. The van der Waals surface area contributed by atoms with Crippen molar-refractivity contribution in [2.75, 3.05) is 6.61 Å². The lowest BCUT2D eigenvalue weighted by atomic mass is 9.94. The van der Waals surface area contributed by atoms with Crippen LogP contribution in [0.25, 0.3) is 0 Å². The standard InChI is InChI=1S/C20H30O4/c1-5-6-7-8-9-10-14-23-18(21)20(3,4)19(22)24-17-13-11-12-16(2)15-17/h11-13,15H,5-10,14H2,1-4H3. The fraction of sp³-hybridized carbons (Fsp3) is 0.600. The molecule has 0 fully saturated rings. The number of carbonyl (C=O) groups is 2. The third-order valence-electron chi connectivity index (χ3n) is 3.95. The van der Waals surface area contributed by atoms with Gasteiger partial charge in [-0.1, -0.05) is 51.2 Å². The van der Waals surface area contributed by atoms with Gasteiger partial charge >= 0.3 is 11.9 Å². The minimum absolute atomic E-state index is 0.353. The predicted octanol–water partition coefficient (Wildman–Crippen LogP) is 4.83. The average Bonchev–Trinajstić information content (AvgIpc) is 2.53. The lowest BCUT2D eigenvalue weighted by Gasteiger charge is -2.20. The predicted molar refractivity (Wildman–Crippen MR) is 94.9 cm³/mol. The number of rotatable bonds is 10. The monoisotopic (exact) mass is 334 g/mol. The summed E-state index contributed by atoms with van der Waals surface area (Å²) in [6.45, 7) is 7.52. The molecule has 0 aliphatic carbocycles. The molecule has 1 aromatic rings. The van der Waals surface area contributed by atoms with Crippen LogP contribution in [-0.4, -0.2) is 18.5 Å². The molecule has 4 nitrogen and oxygen atoms in total. The molecule has 0 aromatic heterocycles. The van der Waals surface area contributed by atoms with E-state index < -0.39 is 17.4 Å². The Bertz CT molecular complexity index is 534. The van der Waals surface area contributed by atoms with Crippen LogP contribution in [0.4, 0.5) is 0 Å². The topological polar surface area (TPSA) is 52.6 Å². The average molecular weight is 334 g/mol. The molecule has 0 radical (unpaired) electrons. The molecule has 0 bridgehead atoms. The zero-order valence-electron chi connectivity index (χ0n) is 15.4. The highest BCUT2D eigenvalue weighted by Gasteiger charge is 2.39. The van der Waals surface area contributed by atoms with Gasteiger partial charge in [-0.25, -0.2) is 0 Å². The van der Waals surface area contributed by atoms with Gasteiger partial charge in [0.05, 0.1) is 6.61 Å². The van der Waals surface area contributed by atoms with Gasteiger partial charge < -0.3 is 9.47 Å². The van der Waals surface area contributed by atoms with Crippen molar-refractivity contribution in [1.82, 2.24) is 0 Å². The van der Waals surface area contributed by atoms with Gasteiger partial charge in [-0.05, 0) is 44.9 Å². The fourth-order valence-electron chi connectivity index (χ4n) is 2.22. The van der Waals surface area contributed by atoms with Crippen molar-refractivity contribution < 1.29 is 19.1 Å². The highest BCUT2D eigenvalue weighted by atomic mass is 16.6. The number of esters is 2. The summed E-state index contributed by atoms with van der Waals surface area (Å²) in [6.07, 6.45) is 6.71. The minimum Gasteiger partial charge on any atom is -0.465 e. The summed E-state index contributed by atoms with van der Waals surface area (Å²) in [4.78, 5) is 24.4. The minimum atomic E-state index is -1.31. The van der Waals surface area contributed by atoms with Gasteiger partial charge in [0.1, 0.15) is 5.75 Å². The SMILES string of the molecule is CCCCCCCCOC(=O)C(C)(C)C(=O)Oc1cccc(C)c1. The lowest BCUT2D eigenvalue weighted by Crippen LogP contribution is -2.38. The Labute approximate surface area is 145 Å². The number of aryl methyl sites for hydroxylation is 1. The van der Waals surface area contributed by atoms with Gasteiger partial charge in [0.2, 0.25) is 0 Å². The molecule has 0 atom stereocenters. The number of hydrogen-bond donors (Lipinski definition) is 0. The van der Waals surface area contributed by atoms with Crippen molar-refractivity contribution in [2.45, 2.75) is 66.2 Å². The summed E-state index contributed by atoms with van der Waals surface area (Å²) in [7, 11) is 0. The summed E-state index contributed by atoms with van der Waals surface area (Å²) >= 11 is 0. The van der Waals surface area contributed by atoms with Crippen LogP contribution in [0.2, 0.25) is 0 Å². The Hall–Kier alpha value is -1.84. The van der Waals surface area contributed by atoms with Gasteiger partial charge in [0.25, 0.3) is 0 Å². The highest BCUT2D eigenvalue weighted by molar-refractivity contribution is 5.99. The second-order valence-corrected chi connectivity index (χ2v) is 6.73. The van der Waals surface area contributed by atoms with Gasteiger partial charge in [-0.15, -0.1) is 0 Å². The van der Waals surface area contributed by atoms with E-state index in [1.54, 1.807) is 12.1 Å². The number of carbonyl (C=O) groups excluding carboxylic acids is 2. The Morgan fingerprint density at radius 1 is 1.00 bits per heavy atom. The van der Waals surface area contributed by atoms with Crippen LogP contribution in [0.1, 0.15) is 64.9 Å². The van der Waals surface area contributed by atoms with E-state index in [1.807, 2.05) is 19.1 Å². The maximum atomic E-state index is 12.3. The van der Waals surface area contributed by atoms with Crippen molar-refractivity contribution >= 4 is 11.9 Å². The Balaban J connectivity index is 2.39. The van der Waals surface area contributed by atoms with E-state index in [-0.39, 0.29) is 0 Å². The van der Waals surface area contributed by atoms with Gasteiger partial charge in [0.15, 0.2) is 5.41 Å². The molecule has 0 aliphatic rings. The molecule has 0 amide bonds. The third kappa shape index (κ3) is 6.73. The molecular formula is C20H30O4. The van der Waals surface area contributed by atoms with Gasteiger partial charge in [-0.2, -0.15) is 0 Å². The summed E-state index contributed by atoms with van der Waals surface area (Å²) < 4.78 is 10.6. The second-order valence-electron chi connectivity index (χ2n) is 6.73. The first-order valence-corrected chi connectivity index (χ1v) is 8.84. The smallest absolute Gasteiger partial charge is 0.328 e. The molecule has 0 spiro atoms. The van der Waals surface area contributed by atoms with E-state index >= 15 is 0 Å². The zero-order valence-corrected chi connectivity index (χ0v) is 15.4. The molecule has 0 heterocycles. The highest BCUT2D eigenvalue weighted by Crippen LogP contribution is 2.23. The molecule has 0 saturated carbocycles. The van der Waals surface area contributed by atoms with Crippen LogP contribution in [0, 0.1) is 12.3 Å². The second kappa shape index (κ2) is 10.1. The van der Waals surface area contributed by atoms with E-state index in [9.17, 15) is 9.59 Å². The van der Waals surface area contributed by atoms with Gasteiger partial charge in [-0.3, -0.25) is 9.59 Å². The number of hydrogen-bond acceptors (Lipinski definition) is 4. The van der Waals surface area contributed by atoms with Crippen molar-refractivity contribution in [3.8, 4) is 5.75 Å². The van der Waals surface area contributed by atoms with Crippen LogP contribution in [0.15, 0.2) is 24.3 Å². The molecule has 0 saturated heterocycles. The Morgan fingerprint density at radius 3 is 2.33 bits per heavy atom. The van der Waals surface area contributed by atoms with Gasteiger partial charge in [0, 0.05) is 0 Å². The van der Waals surface area contributed by atoms with Crippen molar-refractivity contribution in [3.63, 3.8) is 0 Å². The van der Waals surface area contributed by atoms with E-state index in [4.69, 9.17) is 9.47 Å². The number of unbranched alkanes of at least 4 members (excludes halogenated alkanes) is 5. The lowest BCUT2D eigenvalue weighted by molar-refractivity contribution is -0.164. The van der Waals surface area contributed by atoms with E-state index in [0.717, 1.165) is 24.8 Å². The normalized spacial score (nSPS) is 11.2. The number of benzene rings is 1. The van der Waals surface area contributed by atoms with E-state index in [2.05, 4.69) is 6.92 Å². The van der Waals surface area contributed by atoms with Crippen molar-refractivity contribution in [2.24, 2.45) is 5.41 Å². The Morgan fingerprint density at radius 2 is 1.67 bits per heavy atom.